The average Bonchev–Trinajstić information content (AvgIpc) is 2.73. The Morgan fingerprint density at radius 3 is 2.74 bits per heavy atom. The minimum atomic E-state index is -0.305. The molecule has 0 spiro atoms. The number of unbranched alkanes of at least 4 members (excludes halogenated alkanes) is 4. The quantitative estimate of drug-likeness (QED) is 0.781. The first kappa shape index (κ1) is 13.9. The fourth-order valence-electron chi connectivity index (χ4n) is 2.29. The molecule has 0 amide bonds. The highest BCUT2D eigenvalue weighted by Gasteiger charge is 2.09. The van der Waals surface area contributed by atoms with E-state index in [2.05, 4.69) is 6.92 Å². The zero-order valence-corrected chi connectivity index (χ0v) is 11.4. The van der Waals surface area contributed by atoms with Crippen molar-refractivity contribution < 1.29 is 9.52 Å². The fourth-order valence-corrected chi connectivity index (χ4v) is 2.29. The van der Waals surface area contributed by atoms with Gasteiger partial charge in [0.2, 0.25) is 0 Å². The van der Waals surface area contributed by atoms with Gasteiger partial charge in [0, 0.05) is 6.54 Å². The van der Waals surface area contributed by atoms with Crippen molar-refractivity contribution in [2.45, 2.75) is 52.2 Å². The second-order valence-corrected chi connectivity index (χ2v) is 4.89. The summed E-state index contributed by atoms with van der Waals surface area (Å²) in [7, 11) is 0. The van der Waals surface area contributed by atoms with Crippen LogP contribution in [0.3, 0.4) is 0 Å². The van der Waals surface area contributed by atoms with Crippen molar-refractivity contribution in [3.8, 4) is 0 Å². The van der Waals surface area contributed by atoms with Crippen molar-refractivity contribution in [2.24, 2.45) is 0 Å². The van der Waals surface area contributed by atoms with E-state index < -0.39 is 0 Å². The lowest BCUT2D eigenvalue weighted by molar-refractivity contribution is 0.282. The van der Waals surface area contributed by atoms with Crippen LogP contribution in [0.15, 0.2) is 27.4 Å². The molecule has 1 aromatic carbocycles. The van der Waals surface area contributed by atoms with Crippen LogP contribution in [0.4, 0.5) is 0 Å². The van der Waals surface area contributed by atoms with Gasteiger partial charge in [-0.1, -0.05) is 38.7 Å². The van der Waals surface area contributed by atoms with Crippen molar-refractivity contribution in [1.82, 2.24) is 4.57 Å². The van der Waals surface area contributed by atoms with E-state index in [1.165, 1.54) is 19.3 Å². The summed E-state index contributed by atoms with van der Waals surface area (Å²) < 4.78 is 6.90. The monoisotopic (exact) mass is 263 g/mol. The van der Waals surface area contributed by atoms with Gasteiger partial charge < -0.3 is 9.52 Å². The number of aryl methyl sites for hydroxylation is 1. The predicted molar refractivity (Wildman–Crippen MR) is 75.2 cm³/mol. The lowest BCUT2D eigenvalue weighted by atomic mass is 10.1. The summed E-state index contributed by atoms with van der Waals surface area (Å²) >= 11 is 0. The van der Waals surface area contributed by atoms with E-state index in [1.807, 2.05) is 12.1 Å². The molecule has 0 atom stereocenters. The molecule has 0 radical (unpaired) electrons. The number of oxazole rings is 1. The molecule has 1 N–H and O–H groups in total. The van der Waals surface area contributed by atoms with Crippen LogP contribution in [-0.4, -0.2) is 9.67 Å². The summed E-state index contributed by atoms with van der Waals surface area (Å²) in [5.74, 6) is -0.305. The summed E-state index contributed by atoms with van der Waals surface area (Å²) in [5.41, 5.74) is 2.14. The van der Waals surface area contributed by atoms with Gasteiger partial charge >= 0.3 is 5.76 Å². The maximum Gasteiger partial charge on any atom is 0.419 e. The minimum absolute atomic E-state index is 0.0398. The summed E-state index contributed by atoms with van der Waals surface area (Å²) in [6.45, 7) is 2.85. The number of nitrogens with zero attached hydrogens (tertiary/aromatic N) is 1. The number of benzene rings is 1. The third kappa shape index (κ3) is 3.26. The van der Waals surface area contributed by atoms with Crippen LogP contribution in [0.1, 0.15) is 44.6 Å². The fraction of sp³-hybridized carbons (Fsp3) is 0.533. The number of aromatic nitrogens is 1. The van der Waals surface area contributed by atoms with Gasteiger partial charge in [-0.25, -0.2) is 4.79 Å². The normalized spacial score (nSPS) is 11.3. The molecular formula is C15H21NO3. The molecule has 104 valence electrons. The maximum atomic E-state index is 11.8. The van der Waals surface area contributed by atoms with E-state index in [1.54, 1.807) is 10.6 Å². The largest absolute Gasteiger partial charge is 0.419 e. The van der Waals surface area contributed by atoms with Gasteiger partial charge in [-0.15, -0.1) is 0 Å². The van der Waals surface area contributed by atoms with Crippen molar-refractivity contribution in [2.75, 3.05) is 0 Å². The molecule has 0 saturated carbocycles. The zero-order chi connectivity index (χ0) is 13.7. The second-order valence-electron chi connectivity index (χ2n) is 4.89. The molecule has 0 aliphatic carbocycles. The van der Waals surface area contributed by atoms with Crippen LogP contribution >= 0.6 is 0 Å². The molecule has 0 aliphatic rings. The third-order valence-electron chi connectivity index (χ3n) is 3.40. The van der Waals surface area contributed by atoms with Crippen LogP contribution in [0.2, 0.25) is 0 Å². The van der Waals surface area contributed by atoms with Crippen LogP contribution in [0.25, 0.3) is 11.1 Å². The number of aliphatic hydroxyl groups is 1. The Labute approximate surface area is 112 Å². The number of aliphatic hydroxyl groups excluding tert-OH is 1. The van der Waals surface area contributed by atoms with Gasteiger partial charge in [0.15, 0.2) is 5.58 Å². The Morgan fingerprint density at radius 1 is 1.21 bits per heavy atom. The van der Waals surface area contributed by atoms with E-state index in [9.17, 15) is 4.79 Å². The molecule has 4 nitrogen and oxygen atoms in total. The summed E-state index contributed by atoms with van der Waals surface area (Å²) in [6, 6.07) is 5.40. The molecule has 0 aliphatic heterocycles. The predicted octanol–water partition coefficient (Wildman–Crippen LogP) is 3.06. The van der Waals surface area contributed by atoms with E-state index in [4.69, 9.17) is 9.52 Å². The van der Waals surface area contributed by atoms with Crippen molar-refractivity contribution in [3.05, 3.63) is 34.3 Å². The van der Waals surface area contributed by atoms with Crippen LogP contribution < -0.4 is 5.76 Å². The summed E-state index contributed by atoms with van der Waals surface area (Å²) in [5, 5.41) is 9.07. The number of rotatable bonds is 7. The molecule has 2 rings (SSSR count). The van der Waals surface area contributed by atoms with Crippen molar-refractivity contribution >= 4 is 11.1 Å². The lowest BCUT2D eigenvalue weighted by Crippen LogP contribution is -2.14. The first-order valence-electron chi connectivity index (χ1n) is 6.99. The third-order valence-corrected chi connectivity index (χ3v) is 3.40. The number of hydrogen-bond donors (Lipinski definition) is 1. The van der Waals surface area contributed by atoms with Gasteiger partial charge in [-0.05, 0) is 24.1 Å². The summed E-state index contributed by atoms with van der Waals surface area (Å²) in [4.78, 5) is 11.8. The molecular weight excluding hydrogens is 242 g/mol. The van der Waals surface area contributed by atoms with Crippen LogP contribution in [0, 0.1) is 0 Å². The van der Waals surface area contributed by atoms with Crippen LogP contribution in [-0.2, 0) is 13.2 Å². The highest BCUT2D eigenvalue weighted by atomic mass is 16.4. The van der Waals surface area contributed by atoms with E-state index in [0.29, 0.717) is 12.1 Å². The molecule has 1 aromatic heterocycles. The maximum absolute atomic E-state index is 11.8. The average molecular weight is 263 g/mol. The Balaban J connectivity index is 2.10. The van der Waals surface area contributed by atoms with Crippen molar-refractivity contribution in [3.63, 3.8) is 0 Å². The molecule has 2 aromatic rings. The van der Waals surface area contributed by atoms with Gasteiger partial charge in [-0.3, -0.25) is 4.57 Å². The highest BCUT2D eigenvalue weighted by molar-refractivity contribution is 5.73. The Bertz CT molecular complexity index is 583. The first-order chi connectivity index (χ1) is 9.26. The summed E-state index contributed by atoms with van der Waals surface area (Å²) in [6.07, 6.45) is 5.83. The lowest BCUT2D eigenvalue weighted by Gasteiger charge is -2.02. The van der Waals surface area contributed by atoms with Gasteiger partial charge in [0.1, 0.15) is 0 Å². The SMILES string of the molecule is CCCCCCCn1c(=O)oc2cc(CO)ccc21. The molecule has 0 unspecified atom stereocenters. The molecule has 0 fully saturated rings. The highest BCUT2D eigenvalue weighted by Crippen LogP contribution is 2.16. The van der Waals surface area contributed by atoms with Gasteiger partial charge in [0.05, 0.1) is 12.1 Å². The Hall–Kier alpha value is -1.55. The van der Waals surface area contributed by atoms with Gasteiger partial charge in [0.25, 0.3) is 0 Å². The standard InChI is InChI=1S/C15H21NO3/c1-2-3-4-5-6-9-16-13-8-7-12(11-17)10-14(13)19-15(16)18/h7-8,10,17H,2-6,9,11H2,1H3. The molecule has 0 bridgehead atoms. The first-order valence-corrected chi connectivity index (χ1v) is 6.99. The smallest absolute Gasteiger partial charge is 0.408 e. The molecule has 0 saturated heterocycles. The minimum Gasteiger partial charge on any atom is -0.408 e. The molecule has 1 heterocycles. The Morgan fingerprint density at radius 2 is 2.00 bits per heavy atom. The second kappa shape index (κ2) is 6.57. The van der Waals surface area contributed by atoms with E-state index >= 15 is 0 Å². The topological polar surface area (TPSA) is 55.4 Å². The van der Waals surface area contributed by atoms with Gasteiger partial charge in [-0.2, -0.15) is 0 Å². The number of hydrogen-bond acceptors (Lipinski definition) is 3. The molecule has 4 heteroatoms. The van der Waals surface area contributed by atoms with E-state index in [0.717, 1.165) is 23.9 Å². The zero-order valence-electron chi connectivity index (χ0n) is 11.4. The molecule has 19 heavy (non-hydrogen) atoms. The van der Waals surface area contributed by atoms with Crippen LogP contribution in [0.5, 0.6) is 0 Å². The Kier molecular flexibility index (Phi) is 4.80. The van der Waals surface area contributed by atoms with Crippen molar-refractivity contribution in [1.29, 1.82) is 0 Å². The van der Waals surface area contributed by atoms with E-state index in [-0.39, 0.29) is 12.4 Å². The number of fused-ring (bicyclic) bond motifs is 1.